The zero-order valence-corrected chi connectivity index (χ0v) is 20.1. The third-order valence-corrected chi connectivity index (χ3v) is 8.04. The van der Waals surface area contributed by atoms with Crippen LogP contribution in [0.1, 0.15) is 104 Å². The summed E-state index contributed by atoms with van der Waals surface area (Å²) in [5.74, 6) is -0.457. The van der Waals surface area contributed by atoms with E-state index in [9.17, 15) is 4.79 Å². The van der Waals surface area contributed by atoms with E-state index in [-0.39, 0.29) is 0 Å². The summed E-state index contributed by atoms with van der Waals surface area (Å²) in [5, 5.41) is 0. The van der Waals surface area contributed by atoms with Crippen LogP contribution in [0.25, 0.3) is 0 Å². The Morgan fingerprint density at radius 2 is 1.36 bits per heavy atom. The van der Waals surface area contributed by atoms with E-state index in [1.165, 1.54) is 77.0 Å². The van der Waals surface area contributed by atoms with Gasteiger partial charge in [0.05, 0.1) is 0 Å². The summed E-state index contributed by atoms with van der Waals surface area (Å²) in [6.45, 7) is 12.1. The van der Waals surface area contributed by atoms with Crippen molar-refractivity contribution in [2.24, 2.45) is 0 Å². The first-order valence-electron chi connectivity index (χ1n) is 11.6. The van der Waals surface area contributed by atoms with Gasteiger partial charge in [0.2, 0.25) is 0 Å². The van der Waals surface area contributed by atoms with Crippen LogP contribution >= 0.6 is 0 Å². The summed E-state index contributed by atoms with van der Waals surface area (Å²) < 4.78 is 17.0. The minimum Gasteiger partial charge on any atom is -0.434 e. The van der Waals surface area contributed by atoms with Gasteiger partial charge in [0, 0.05) is 12.7 Å². The predicted molar refractivity (Wildman–Crippen MR) is 121 cm³/mol. The fourth-order valence-electron chi connectivity index (χ4n) is 3.52. The number of carbonyl (C=O) groups is 1. The molecule has 0 radical (unpaired) electrons. The average molecular weight is 415 g/mol. The molecule has 0 rings (SSSR count). The molecular formula is C23H46O4Si. The minimum atomic E-state index is -2.30. The van der Waals surface area contributed by atoms with Gasteiger partial charge in [-0.15, -0.1) is 0 Å². The maximum Gasteiger partial charge on any atom is 0.337 e. The zero-order chi connectivity index (χ0) is 21.1. The monoisotopic (exact) mass is 414 g/mol. The lowest BCUT2D eigenvalue weighted by atomic mass is 10.1. The Hall–Kier alpha value is -0.653. The fraction of sp³-hybridized carbons (Fsp3) is 0.870. The first-order chi connectivity index (χ1) is 13.5. The molecule has 0 N–H and O–H groups in total. The van der Waals surface area contributed by atoms with Crippen molar-refractivity contribution < 1.29 is 18.4 Å². The van der Waals surface area contributed by atoms with Gasteiger partial charge < -0.3 is 13.6 Å². The highest BCUT2D eigenvalue weighted by Gasteiger charge is 2.33. The molecule has 5 heteroatoms. The van der Waals surface area contributed by atoms with Gasteiger partial charge in [0.1, 0.15) is 0 Å². The highest BCUT2D eigenvalue weighted by molar-refractivity contribution is 6.66. The van der Waals surface area contributed by atoms with Gasteiger partial charge in [-0.05, 0) is 26.4 Å². The van der Waals surface area contributed by atoms with E-state index in [4.69, 9.17) is 13.6 Å². The Balaban J connectivity index is 3.75. The molecule has 0 aromatic rings. The Morgan fingerprint density at radius 1 is 0.893 bits per heavy atom. The molecule has 166 valence electrons. The SMILES string of the molecule is C=CC(=O)OC(C)O[Si](C)(CCCCCCCCCCCCCCC)OCC. The standard InChI is InChI=1S/C23H46O4Si/c1-6-9-10-11-12-13-14-15-16-17-18-19-20-21-28(5,25-8-3)27-22(4)26-23(24)7-2/h7,22H,2,6,8-21H2,1,3-5H3. The molecule has 0 amide bonds. The molecule has 0 heterocycles. The van der Waals surface area contributed by atoms with Crippen LogP contribution in [0.4, 0.5) is 0 Å². The van der Waals surface area contributed by atoms with Gasteiger partial charge in [-0.25, -0.2) is 4.79 Å². The highest BCUT2D eigenvalue weighted by atomic mass is 28.4. The molecule has 0 aromatic carbocycles. The van der Waals surface area contributed by atoms with Crippen LogP contribution in [0.15, 0.2) is 12.7 Å². The molecule has 0 fully saturated rings. The van der Waals surface area contributed by atoms with Crippen molar-refractivity contribution in [1.29, 1.82) is 0 Å². The van der Waals surface area contributed by atoms with E-state index in [0.29, 0.717) is 6.61 Å². The van der Waals surface area contributed by atoms with Gasteiger partial charge in [-0.2, -0.15) is 0 Å². The average Bonchev–Trinajstić information content (AvgIpc) is 2.65. The number of hydrogen-bond donors (Lipinski definition) is 0. The van der Waals surface area contributed by atoms with Crippen LogP contribution < -0.4 is 0 Å². The van der Waals surface area contributed by atoms with Gasteiger partial charge in [0.15, 0.2) is 6.29 Å². The van der Waals surface area contributed by atoms with E-state index < -0.39 is 20.8 Å². The second kappa shape index (κ2) is 18.4. The predicted octanol–water partition coefficient (Wildman–Crippen LogP) is 7.28. The topological polar surface area (TPSA) is 44.8 Å². The third kappa shape index (κ3) is 16.3. The van der Waals surface area contributed by atoms with Crippen LogP contribution in [-0.2, 0) is 18.4 Å². The largest absolute Gasteiger partial charge is 0.434 e. The molecule has 0 aliphatic rings. The van der Waals surface area contributed by atoms with Crippen LogP contribution in [0.3, 0.4) is 0 Å². The molecule has 0 bridgehead atoms. The normalized spacial score (nSPS) is 14.4. The molecule has 0 saturated heterocycles. The second-order valence-corrected chi connectivity index (χ2v) is 11.2. The lowest BCUT2D eigenvalue weighted by molar-refractivity contribution is -0.157. The summed E-state index contributed by atoms with van der Waals surface area (Å²) in [7, 11) is -2.30. The number of hydrogen-bond acceptors (Lipinski definition) is 4. The highest BCUT2D eigenvalue weighted by Crippen LogP contribution is 2.21. The van der Waals surface area contributed by atoms with Crippen molar-refractivity contribution in [2.75, 3.05) is 6.61 Å². The molecular weight excluding hydrogens is 368 g/mol. The number of unbranched alkanes of at least 4 members (excludes halogenated alkanes) is 12. The van der Waals surface area contributed by atoms with Crippen LogP contribution in [-0.4, -0.2) is 27.4 Å². The van der Waals surface area contributed by atoms with Crippen LogP contribution in [0.5, 0.6) is 0 Å². The maximum atomic E-state index is 11.3. The van der Waals surface area contributed by atoms with Gasteiger partial charge in [-0.1, -0.05) is 97.0 Å². The third-order valence-electron chi connectivity index (χ3n) is 5.05. The molecule has 0 aliphatic heterocycles. The Kier molecular flexibility index (Phi) is 18.0. The number of rotatable bonds is 20. The Bertz CT molecular complexity index is 389. The van der Waals surface area contributed by atoms with Crippen LogP contribution in [0, 0.1) is 0 Å². The van der Waals surface area contributed by atoms with Crippen molar-refractivity contribution in [3.8, 4) is 0 Å². The summed E-state index contributed by atoms with van der Waals surface area (Å²) in [6, 6.07) is 0.939. The number of carbonyl (C=O) groups excluding carboxylic acids is 1. The molecule has 0 saturated carbocycles. The van der Waals surface area contributed by atoms with E-state index in [1.54, 1.807) is 6.92 Å². The fourth-order valence-corrected chi connectivity index (χ4v) is 6.10. The number of ether oxygens (including phenoxy) is 1. The summed E-state index contributed by atoms with van der Waals surface area (Å²) in [4.78, 5) is 11.3. The quantitative estimate of drug-likeness (QED) is 0.0690. The summed E-state index contributed by atoms with van der Waals surface area (Å²) in [5.41, 5.74) is 0. The first kappa shape index (κ1) is 27.3. The Morgan fingerprint density at radius 3 is 1.79 bits per heavy atom. The van der Waals surface area contributed by atoms with Gasteiger partial charge in [-0.3, -0.25) is 0 Å². The summed E-state index contributed by atoms with van der Waals surface area (Å²) >= 11 is 0. The second-order valence-electron chi connectivity index (χ2n) is 7.89. The number of esters is 1. The van der Waals surface area contributed by atoms with Crippen molar-refractivity contribution in [3.05, 3.63) is 12.7 Å². The molecule has 2 atom stereocenters. The molecule has 0 spiro atoms. The van der Waals surface area contributed by atoms with Crippen molar-refractivity contribution >= 4 is 14.5 Å². The molecule has 2 unspecified atom stereocenters. The van der Waals surface area contributed by atoms with Gasteiger partial charge in [0.25, 0.3) is 0 Å². The molecule has 28 heavy (non-hydrogen) atoms. The van der Waals surface area contributed by atoms with Gasteiger partial charge >= 0.3 is 14.5 Å². The summed E-state index contributed by atoms with van der Waals surface area (Å²) in [6.07, 6.45) is 18.1. The maximum absolute atomic E-state index is 11.3. The molecule has 0 aliphatic carbocycles. The minimum absolute atomic E-state index is 0.457. The van der Waals surface area contributed by atoms with E-state index in [1.807, 2.05) is 6.92 Å². The van der Waals surface area contributed by atoms with E-state index >= 15 is 0 Å². The first-order valence-corrected chi connectivity index (χ1v) is 14.1. The van der Waals surface area contributed by atoms with Crippen LogP contribution in [0.2, 0.25) is 12.6 Å². The van der Waals surface area contributed by atoms with E-state index in [0.717, 1.165) is 18.5 Å². The zero-order valence-electron chi connectivity index (χ0n) is 19.1. The van der Waals surface area contributed by atoms with Crippen molar-refractivity contribution in [2.45, 2.75) is 123 Å². The molecule has 4 nitrogen and oxygen atoms in total. The lowest BCUT2D eigenvalue weighted by Crippen LogP contribution is -2.42. The van der Waals surface area contributed by atoms with Crippen molar-refractivity contribution in [3.63, 3.8) is 0 Å². The van der Waals surface area contributed by atoms with Crippen molar-refractivity contribution in [1.82, 2.24) is 0 Å². The Labute approximate surface area is 175 Å². The van der Waals surface area contributed by atoms with E-state index in [2.05, 4.69) is 20.0 Å². The molecule has 0 aromatic heterocycles. The smallest absolute Gasteiger partial charge is 0.337 e. The lowest BCUT2D eigenvalue weighted by Gasteiger charge is -2.29.